The molecular weight excluding hydrogens is 391 g/mol. The predicted octanol–water partition coefficient (Wildman–Crippen LogP) is 4.46. The van der Waals surface area contributed by atoms with Crippen molar-refractivity contribution >= 4 is 49.1 Å². The molecule has 1 unspecified atom stereocenters. The zero-order valence-electron chi connectivity index (χ0n) is 10.1. The maximum atomic E-state index is 13.4. The Morgan fingerprint density at radius 1 is 1.15 bits per heavy atom. The molecule has 0 saturated carbocycles. The normalized spacial score (nSPS) is 16.8. The Labute approximate surface area is 131 Å². The molecule has 0 aliphatic carbocycles. The van der Waals surface area contributed by atoms with Crippen LogP contribution in [0.1, 0.15) is 11.6 Å². The van der Waals surface area contributed by atoms with Crippen molar-refractivity contribution in [3.8, 4) is 0 Å². The third-order valence-electron chi connectivity index (χ3n) is 3.07. The first kappa shape index (κ1) is 13.6. The zero-order chi connectivity index (χ0) is 14.3. The SMILES string of the molecule is O=C1Nc2ccc(F)cc2C1Nc1cc(Br)ccc1Br. The Balaban J connectivity index is 1.97. The van der Waals surface area contributed by atoms with E-state index in [0.717, 1.165) is 14.6 Å². The van der Waals surface area contributed by atoms with Crippen LogP contribution in [0.2, 0.25) is 0 Å². The first-order valence-electron chi connectivity index (χ1n) is 5.86. The van der Waals surface area contributed by atoms with Gasteiger partial charge in [0.25, 0.3) is 5.91 Å². The lowest BCUT2D eigenvalue weighted by molar-refractivity contribution is -0.116. The summed E-state index contributed by atoms with van der Waals surface area (Å²) in [6, 6.07) is 9.28. The third-order valence-corrected chi connectivity index (χ3v) is 4.26. The molecule has 0 aromatic heterocycles. The number of benzene rings is 2. The molecule has 0 fully saturated rings. The van der Waals surface area contributed by atoms with Gasteiger partial charge in [-0.05, 0) is 52.3 Å². The molecule has 0 bridgehead atoms. The molecule has 3 rings (SSSR count). The number of hydrogen-bond acceptors (Lipinski definition) is 2. The minimum absolute atomic E-state index is 0.197. The Kier molecular flexibility index (Phi) is 3.52. The van der Waals surface area contributed by atoms with E-state index in [2.05, 4.69) is 42.5 Å². The van der Waals surface area contributed by atoms with Crippen LogP contribution in [0.25, 0.3) is 0 Å². The highest BCUT2D eigenvalue weighted by Crippen LogP contribution is 2.36. The first-order chi connectivity index (χ1) is 9.54. The Morgan fingerprint density at radius 3 is 2.75 bits per heavy atom. The highest BCUT2D eigenvalue weighted by molar-refractivity contribution is 9.11. The first-order valence-corrected chi connectivity index (χ1v) is 7.45. The fourth-order valence-corrected chi connectivity index (χ4v) is 2.86. The van der Waals surface area contributed by atoms with E-state index in [1.54, 1.807) is 6.07 Å². The molecule has 0 saturated heterocycles. The number of carbonyl (C=O) groups excluding carboxylic acids is 1. The summed E-state index contributed by atoms with van der Waals surface area (Å²) in [5.41, 5.74) is 2.01. The van der Waals surface area contributed by atoms with Gasteiger partial charge in [-0.1, -0.05) is 15.9 Å². The summed E-state index contributed by atoms with van der Waals surface area (Å²) in [5, 5.41) is 5.86. The van der Waals surface area contributed by atoms with E-state index in [-0.39, 0.29) is 11.7 Å². The van der Waals surface area contributed by atoms with E-state index >= 15 is 0 Å². The summed E-state index contributed by atoms with van der Waals surface area (Å²) in [6.45, 7) is 0. The van der Waals surface area contributed by atoms with Crippen LogP contribution >= 0.6 is 31.9 Å². The minimum atomic E-state index is -0.605. The molecule has 1 atom stereocenters. The molecule has 2 aromatic carbocycles. The third kappa shape index (κ3) is 2.45. The summed E-state index contributed by atoms with van der Waals surface area (Å²) in [4.78, 5) is 12.0. The summed E-state index contributed by atoms with van der Waals surface area (Å²) >= 11 is 6.81. The van der Waals surface area contributed by atoms with Crippen LogP contribution < -0.4 is 10.6 Å². The average Bonchev–Trinajstić information content (AvgIpc) is 2.70. The Morgan fingerprint density at radius 2 is 1.95 bits per heavy atom. The van der Waals surface area contributed by atoms with Gasteiger partial charge in [-0.3, -0.25) is 4.79 Å². The highest BCUT2D eigenvalue weighted by atomic mass is 79.9. The standard InChI is InChI=1S/C14H9Br2FN2O/c15-7-1-3-10(16)12(5-7)18-13-9-6-8(17)2-4-11(9)19-14(13)20/h1-6,13,18H,(H,19,20). The van der Waals surface area contributed by atoms with Crippen molar-refractivity contribution in [2.24, 2.45) is 0 Å². The number of fused-ring (bicyclic) bond motifs is 1. The van der Waals surface area contributed by atoms with E-state index < -0.39 is 6.04 Å². The van der Waals surface area contributed by atoms with Crippen LogP contribution in [0.15, 0.2) is 45.3 Å². The molecule has 20 heavy (non-hydrogen) atoms. The zero-order valence-corrected chi connectivity index (χ0v) is 13.3. The molecule has 102 valence electrons. The van der Waals surface area contributed by atoms with Crippen molar-refractivity contribution in [2.75, 3.05) is 10.6 Å². The minimum Gasteiger partial charge on any atom is -0.369 e. The number of rotatable bonds is 2. The number of anilines is 2. The predicted molar refractivity (Wildman–Crippen MR) is 83.2 cm³/mol. The van der Waals surface area contributed by atoms with Crippen LogP contribution in [0.3, 0.4) is 0 Å². The molecule has 1 amide bonds. The molecule has 1 aliphatic heterocycles. The van der Waals surface area contributed by atoms with E-state index in [1.807, 2.05) is 18.2 Å². The van der Waals surface area contributed by atoms with Gasteiger partial charge in [-0.2, -0.15) is 0 Å². The van der Waals surface area contributed by atoms with Gasteiger partial charge in [0.2, 0.25) is 0 Å². The fourth-order valence-electron chi connectivity index (χ4n) is 2.14. The van der Waals surface area contributed by atoms with Crippen LogP contribution in [-0.4, -0.2) is 5.91 Å². The average molecular weight is 400 g/mol. The van der Waals surface area contributed by atoms with E-state index in [9.17, 15) is 9.18 Å². The molecule has 3 nitrogen and oxygen atoms in total. The second kappa shape index (κ2) is 5.18. The molecule has 1 heterocycles. The summed E-state index contributed by atoms with van der Waals surface area (Å²) < 4.78 is 15.1. The van der Waals surface area contributed by atoms with Gasteiger partial charge in [-0.25, -0.2) is 4.39 Å². The van der Waals surface area contributed by atoms with Crippen LogP contribution in [-0.2, 0) is 4.79 Å². The number of nitrogens with one attached hydrogen (secondary N) is 2. The van der Waals surface area contributed by atoms with Gasteiger partial charge in [-0.15, -0.1) is 0 Å². The topological polar surface area (TPSA) is 41.1 Å². The van der Waals surface area contributed by atoms with Gasteiger partial charge >= 0.3 is 0 Å². The van der Waals surface area contributed by atoms with E-state index in [0.29, 0.717) is 11.3 Å². The van der Waals surface area contributed by atoms with Crippen molar-refractivity contribution in [1.82, 2.24) is 0 Å². The molecule has 2 aromatic rings. The second-order valence-electron chi connectivity index (χ2n) is 4.42. The van der Waals surface area contributed by atoms with Crippen molar-refractivity contribution < 1.29 is 9.18 Å². The Hall–Kier alpha value is -1.40. The van der Waals surface area contributed by atoms with Gasteiger partial charge in [0.05, 0.1) is 5.69 Å². The lowest BCUT2D eigenvalue weighted by atomic mass is 10.1. The Bertz CT molecular complexity index is 706. The lowest BCUT2D eigenvalue weighted by Crippen LogP contribution is -2.19. The summed E-state index contributed by atoms with van der Waals surface area (Å²) in [7, 11) is 0. The summed E-state index contributed by atoms with van der Waals surface area (Å²) in [5.74, 6) is -0.558. The molecule has 0 spiro atoms. The monoisotopic (exact) mass is 398 g/mol. The van der Waals surface area contributed by atoms with Crippen molar-refractivity contribution in [3.63, 3.8) is 0 Å². The van der Waals surface area contributed by atoms with Crippen molar-refractivity contribution in [3.05, 3.63) is 56.7 Å². The van der Waals surface area contributed by atoms with E-state index in [4.69, 9.17) is 0 Å². The highest BCUT2D eigenvalue weighted by Gasteiger charge is 2.31. The van der Waals surface area contributed by atoms with Gasteiger partial charge < -0.3 is 10.6 Å². The van der Waals surface area contributed by atoms with Gasteiger partial charge in [0.1, 0.15) is 11.9 Å². The van der Waals surface area contributed by atoms with Gasteiger partial charge in [0, 0.05) is 20.2 Å². The van der Waals surface area contributed by atoms with Crippen molar-refractivity contribution in [1.29, 1.82) is 0 Å². The van der Waals surface area contributed by atoms with Crippen LogP contribution in [0, 0.1) is 5.82 Å². The number of halogens is 3. The number of carbonyl (C=O) groups is 1. The molecule has 0 radical (unpaired) electrons. The quantitative estimate of drug-likeness (QED) is 0.782. The fraction of sp³-hybridized carbons (Fsp3) is 0.0714. The molecule has 2 N–H and O–H groups in total. The maximum absolute atomic E-state index is 13.4. The van der Waals surface area contributed by atoms with E-state index in [1.165, 1.54) is 12.1 Å². The van der Waals surface area contributed by atoms with Crippen LogP contribution in [0.4, 0.5) is 15.8 Å². The number of amides is 1. The smallest absolute Gasteiger partial charge is 0.251 e. The second-order valence-corrected chi connectivity index (χ2v) is 6.19. The molecular formula is C14H9Br2FN2O. The van der Waals surface area contributed by atoms with Crippen molar-refractivity contribution in [2.45, 2.75) is 6.04 Å². The van der Waals surface area contributed by atoms with Gasteiger partial charge in [0.15, 0.2) is 0 Å². The summed E-state index contributed by atoms with van der Waals surface area (Å²) in [6.07, 6.45) is 0. The molecule has 1 aliphatic rings. The number of hydrogen-bond donors (Lipinski definition) is 2. The largest absolute Gasteiger partial charge is 0.369 e. The van der Waals surface area contributed by atoms with Crippen LogP contribution in [0.5, 0.6) is 0 Å². The lowest BCUT2D eigenvalue weighted by Gasteiger charge is -2.14. The maximum Gasteiger partial charge on any atom is 0.251 e. The molecule has 6 heteroatoms.